The van der Waals surface area contributed by atoms with E-state index in [-0.39, 0.29) is 43.3 Å². The van der Waals surface area contributed by atoms with Gasteiger partial charge in [0, 0.05) is 0 Å². The summed E-state index contributed by atoms with van der Waals surface area (Å²) < 4.78 is 0. The van der Waals surface area contributed by atoms with Gasteiger partial charge in [-0.1, -0.05) is 0 Å². The molecule has 0 aliphatic rings. The number of halogens is 2. The van der Waals surface area contributed by atoms with Crippen LogP contribution in [0.2, 0.25) is 0 Å². The maximum atomic E-state index is 0. The minimum absolute atomic E-state index is 0. The van der Waals surface area contributed by atoms with Crippen LogP contribution in [-0.4, -0.2) is 18.5 Å². The fourth-order valence-corrected chi connectivity index (χ4v) is 0. The zero-order valence-electron chi connectivity index (χ0n) is 0.816. The summed E-state index contributed by atoms with van der Waals surface area (Å²) >= 11 is 0. The van der Waals surface area contributed by atoms with Crippen LogP contribution in [0.25, 0.3) is 0 Å². The summed E-state index contributed by atoms with van der Waals surface area (Å²) in [7, 11) is 0. The zero-order chi connectivity index (χ0) is 0. The monoisotopic (exact) mass is 97.0 g/mol. The first-order valence-corrected chi connectivity index (χ1v) is 0. The van der Waals surface area contributed by atoms with Crippen molar-refractivity contribution in [2.24, 2.45) is 0 Å². The van der Waals surface area contributed by atoms with E-state index in [0.717, 1.165) is 0 Å². The first-order chi connectivity index (χ1) is 0. The predicted molar refractivity (Wildman–Crippen MR) is 33.0 cm³/mol. The van der Waals surface area contributed by atoms with Crippen LogP contribution < -0.4 is 0 Å². The van der Waals surface area contributed by atoms with Crippen molar-refractivity contribution >= 4 is 43.3 Å². The summed E-state index contributed by atoms with van der Waals surface area (Å²) in [5.41, 5.74) is 0. The van der Waals surface area contributed by atoms with Crippen LogP contribution >= 0.6 is 24.8 Å². The Morgan fingerprint density at radius 2 is 0.750 bits per heavy atom. The van der Waals surface area contributed by atoms with Gasteiger partial charge in [-0.25, -0.2) is 0 Å². The first-order valence-electron chi connectivity index (χ1n) is 0. The van der Waals surface area contributed by atoms with Gasteiger partial charge < -0.3 is 0 Å². The fraction of sp³-hybridized carbons (Fsp3) is 0. The van der Waals surface area contributed by atoms with E-state index in [9.17, 15) is 0 Å². The number of hydrogen-bond donors (Lipinski definition) is 0. The van der Waals surface area contributed by atoms with E-state index in [1.54, 1.807) is 0 Å². The fourth-order valence-electron chi connectivity index (χ4n) is 0. The third kappa shape index (κ3) is 14.0. The van der Waals surface area contributed by atoms with Gasteiger partial charge in [0.2, 0.25) is 0 Å². The molecule has 26 valence electrons. The van der Waals surface area contributed by atoms with Gasteiger partial charge in [0.1, 0.15) is 0 Å². The molecule has 4 heavy (non-hydrogen) atoms. The van der Waals surface area contributed by atoms with Crippen molar-refractivity contribution in [1.82, 2.24) is 0 Å². The van der Waals surface area contributed by atoms with Gasteiger partial charge >= 0.3 is 10.1 Å². The van der Waals surface area contributed by atoms with Gasteiger partial charge in [0.05, 0.1) is 8.41 Å². The van der Waals surface area contributed by atoms with Gasteiger partial charge in [0.15, 0.2) is 0 Å². The van der Waals surface area contributed by atoms with Crippen LogP contribution in [0.3, 0.4) is 0 Å². The topological polar surface area (TPSA) is 0 Å². The van der Waals surface area contributed by atoms with Crippen molar-refractivity contribution in [3.63, 3.8) is 0 Å². The minimum atomic E-state index is 0. The molecule has 0 aromatic rings. The van der Waals surface area contributed by atoms with Crippen molar-refractivity contribution in [3.8, 4) is 0 Å². The molecule has 0 aliphatic heterocycles. The van der Waals surface area contributed by atoms with Gasteiger partial charge in [-0.3, -0.25) is 0 Å². The quantitative estimate of drug-likeness (QED) is 0.332. The Kier molecular flexibility index (Phi) is 1210. The van der Waals surface area contributed by atoms with E-state index in [0.29, 0.717) is 0 Å². The van der Waals surface area contributed by atoms with Crippen molar-refractivity contribution in [2.45, 2.75) is 0 Å². The SMILES string of the molecule is B.Cl.Cl.[BeH2]. The van der Waals surface area contributed by atoms with E-state index in [1.807, 2.05) is 0 Å². The van der Waals surface area contributed by atoms with Gasteiger partial charge in [-0.2, -0.15) is 0 Å². The molecule has 0 aromatic carbocycles. The Balaban J connectivity index is 0. The first kappa shape index (κ1) is 106. The van der Waals surface area contributed by atoms with E-state index in [1.165, 1.54) is 0 Å². The summed E-state index contributed by atoms with van der Waals surface area (Å²) in [5, 5.41) is 0. The van der Waals surface area contributed by atoms with E-state index in [2.05, 4.69) is 0 Å². The molecule has 0 rings (SSSR count). The normalized spacial score (nSPS) is 0. The van der Waals surface area contributed by atoms with E-state index < -0.39 is 0 Å². The molecule has 0 aliphatic carbocycles. The van der Waals surface area contributed by atoms with Crippen molar-refractivity contribution in [2.75, 3.05) is 0 Å². The molecule has 0 bridgehead atoms. The van der Waals surface area contributed by atoms with Crippen LogP contribution in [0.15, 0.2) is 0 Å². The summed E-state index contributed by atoms with van der Waals surface area (Å²) in [4.78, 5) is 0. The molecule has 0 atom stereocenters. The Bertz CT molecular complexity index is 6.00. The van der Waals surface area contributed by atoms with E-state index in [4.69, 9.17) is 0 Å². The van der Waals surface area contributed by atoms with E-state index >= 15 is 0 Å². The molecule has 0 amide bonds. The Morgan fingerprint density at radius 1 is 0.750 bits per heavy atom. The molecule has 4 heteroatoms. The molecule has 0 unspecified atom stereocenters. The Morgan fingerprint density at radius 3 is 0.750 bits per heavy atom. The maximum absolute atomic E-state index is 0. The molecule has 0 heterocycles. The Hall–Kier alpha value is 0.814. The third-order valence-electron chi connectivity index (χ3n) is 0. The molecule has 0 aromatic heterocycles. The third-order valence-corrected chi connectivity index (χ3v) is 0. The van der Waals surface area contributed by atoms with Gasteiger partial charge in [-0.15, -0.1) is 24.8 Å². The van der Waals surface area contributed by atoms with Crippen molar-refractivity contribution in [3.05, 3.63) is 0 Å². The van der Waals surface area contributed by atoms with Gasteiger partial charge in [0.25, 0.3) is 0 Å². The number of hydrogen-bond acceptors (Lipinski definition) is 0. The van der Waals surface area contributed by atoms with Crippen molar-refractivity contribution in [1.29, 1.82) is 0 Å². The second-order valence-corrected chi connectivity index (χ2v) is 0. The van der Waals surface area contributed by atoms with Crippen LogP contribution in [0.1, 0.15) is 0 Å². The summed E-state index contributed by atoms with van der Waals surface area (Å²) in [6.07, 6.45) is 0. The molecule has 0 radical (unpaired) electrons. The van der Waals surface area contributed by atoms with Crippen LogP contribution in [0, 0.1) is 0 Å². The standard InChI is InChI=1S/BH3.Be.2ClH.2H/h1H3;;2*1H;;. The summed E-state index contributed by atoms with van der Waals surface area (Å²) in [6, 6.07) is 0. The molecule has 0 fully saturated rings. The molecular weight excluding hydrogens is 90.7 g/mol. The van der Waals surface area contributed by atoms with Crippen LogP contribution in [0.4, 0.5) is 0 Å². The second-order valence-electron chi connectivity index (χ2n) is 0. The predicted octanol–water partition coefficient (Wildman–Crippen LogP) is -1.26. The summed E-state index contributed by atoms with van der Waals surface area (Å²) in [6.45, 7) is 0. The van der Waals surface area contributed by atoms with Crippen molar-refractivity contribution < 1.29 is 0 Å². The average molecular weight is 97.8 g/mol. The van der Waals surface area contributed by atoms with Crippen LogP contribution in [0.5, 0.6) is 0 Å². The van der Waals surface area contributed by atoms with Crippen LogP contribution in [-0.2, 0) is 0 Å². The Labute approximate surface area is 44.0 Å². The molecule has 0 nitrogen and oxygen atoms in total. The molecular formula is H7BBeCl2. The number of rotatable bonds is 0. The molecule has 0 N–H and O–H groups in total. The molecule has 0 saturated carbocycles. The summed E-state index contributed by atoms with van der Waals surface area (Å²) in [5.74, 6) is 0. The average Bonchev–Trinajstić information content (AvgIpc) is 0. The zero-order valence-corrected chi connectivity index (χ0v) is 2.45. The second kappa shape index (κ2) is 45.6. The van der Waals surface area contributed by atoms with Gasteiger partial charge in [-0.05, 0) is 0 Å². The molecule has 0 saturated heterocycles. The molecule has 0 spiro atoms.